The first-order chi connectivity index (χ1) is 10.8. The molecule has 124 valence electrons. The second kappa shape index (κ2) is 6.08. The SMILES string of the molecule is Cc1nn(C)c(Cl)c1S(=O)(=O)NC1CCSc2ccc(F)cc21. The van der Waals surface area contributed by atoms with Crippen molar-refractivity contribution in [3.05, 3.63) is 40.4 Å². The highest BCUT2D eigenvalue weighted by Gasteiger charge is 2.30. The van der Waals surface area contributed by atoms with Crippen molar-refractivity contribution in [3.63, 3.8) is 0 Å². The molecule has 9 heteroatoms. The molecule has 0 saturated heterocycles. The van der Waals surface area contributed by atoms with Crippen LogP contribution in [0.15, 0.2) is 28.0 Å². The quantitative estimate of drug-likeness (QED) is 0.895. The van der Waals surface area contributed by atoms with Gasteiger partial charge >= 0.3 is 0 Å². The molecule has 0 fully saturated rings. The van der Waals surface area contributed by atoms with Gasteiger partial charge in [0.25, 0.3) is 0 Å². The Morgan fingerprint density at radius 3 is 2.87 bits per heavy atom. The highest BCUT2D eigenvalue weighted by atomic mass is 35.5. The van der Waals surface area contributed by atoms with Crippen LogP contribution in [-0.4, -0.2) is 24.0 Å². The van der Waals surface area contributed by atoms with Gasteiger partial charge in [0.1, 0.15) is 15.9 Å². The number of nitrogens with zero attached hydrogens (tertiary/aromatic N) is 2. The number of hydrogen-bond donors (Lipinski definition) is 1. The third-order valence-corrected chi connectivity index (χ3v) is 6.97. The average Bonchev–Trinajstić information content (AvgIpc) is 2.73. The fraction of sp³-hybridized carbons (Fsp3) is 0.357. The summed E-state index contributed by atoms with van der Waals surface area (Å²) in [6.45, 7) is 1.59. The van der Waals surface area contributed by atoms with Crippen LogP contribution in [0.5, 0.6) is 0 Å². The lowest BCUT2D eigenvalue weighted by Gasteiger charge is -2.25. The minimum Gasteiger partial charge on any atom is -0.255 e. The van der Waals surface area contributed by atoms with Gasteiger partial charge in [0.2, 0.25) is 10.0 Å². The molecule has 0 amide bonds. The van der Waals surface area contributed by atoms with Crippen molar-refractivity contribution < 1.29 is 12.8 Å². The number of nitrogens with one attached hydrogen (secondary N) is 1. The maximum absolute atomic E-state index is 13.5. The molecule has 2 aromatic rings. The lowest BCUT2D eigenvalue weighted by Crippen LogP contribution is -2.31. The number of hydrogen-bond acceptors (Lipinski definition) is 4. The number of thioether (sulfide) groups is 1. The summed E-state index contributed by atoms with van der Waals surface area (Å²) < 4.78 is 42.9. The van der Waals surface area contributed by atoms with Gasteiger partial charge in [-0.1, -0.05) is 11.6 Å². The van der Waals surface area contributed by atoms with E-state index >= 15 is 0 Å². The first-order valence-corrected chi connectivity index (χ1v) is 9.78. The van der Waals surface area contributed by atoms with Gasteiger partial charge in [0, 0.05) is 18.0 Å². The van der Waals surface area contributed by atoms with Gasteiger partial charge in [-0.2, -0.15) is 5.10 Å². The molecular weight excluding hydrogens is 361 g/mol. The minimum atomic E-state index is -3.85. The van der Waals surface area contributed by atoms with Crippen LogP contribution < -0.4 is 4.72 Å². The van der Waals surface area contributed by atoms with Crippen LogP contribution in [0.2, 0.25) is 5.15 Å². The molecule has 0 spiro atoms. The van der Waals surface area contributed by atoms with Gasteiger partial charge in [-0.05, 0) is 42.9 Å². The highest BCUT2D eigenvalue weighted by Crippen LogP contribution is 2.37. The number of aryl methyl sites for hydroxylation is 2. The van der Waals surface area contributed by atoms with E-state index in [1.54, 1.807) is 31.8 Å². The van der Waals surface area contributed by atoms with Crippen LogP contribution in [0.3, 0.4) is 0 Å². The molecule has 1 unspecified atom stereocenters. The van der Waals surface area contributed by atoms with Crippen LogP contribution in [0.4, 0.5) is 4.39 Å². The Hall–Kier alpha value is -1.09. The van der Waals surface area contributed by atoms with E-state index in [2.05, 4.69) is 9.82 Å². The first-order valence-electron chi connectivity index (χ1n) is 6.93. The maximum atomic E-state index is 13.5. The van der Waals surface area contributed by atoms with Gasteiger partial charge in [0.05, 0.1) is 5.69 Å². The molecule has 2 heterocycles. The third-order valence-electron chi connectivity index (χ3n) is 3.68. The Labute approximate surface area is 143 Å². The van der Waals surface area contributed by atoms with Crippen molar-refractivity contribution in [1.82, 2.24) is 14.5 Å². The number of sulfonamides is 1. The summed E-state index contributed by atoms with van der Waals surface area (Å²) in [5.41, 5.74) is 0.983. The molecule has 1 atom stereocenters. The smallest absolute Gasteiger partial charge is 0.246 e. The average molecular weight is 376 g/mol. The lowest BCUT2D eigenvalue weighted by molar-refractivity contribution is 0.541. The number of aromatic nitrogens is 2. The second-order valence-corrected chi connectivity index (χ2v) is 8.47. The fourth-order valence-electron chi connectivity index (χ4n) is 2.65. The highest BCUT2D eigenvalue weighted by molar-refractivity contribution is 7.99. The molecule has 0 radical (unpaired) electrons. The van der Waals surface area contributed by atoms with E-state index < -0.39 is 16.1 Å². The van der Waals surface area contributed by atoms with Crippen molar-refractivity contribution in [3.8, 4) is 0 Å². The normalized spacial score (nSPS) is 18.0. The van der Waals surface area contributed by atoms with Gasteiger partial charge in [-0.25, -0.2) is 17.5 Å². The molecule has 1 aliphatic heterocycles. The lowest BCUT2D eigenvalue weighted by atomic mass is 10.0. The summed E-state index contributed by atoms with van der Waals surface area (Å²) in [4.78, 5) is 0.859. The zero-order valence-electron chi connectivity index (χ0n) is 12.5. The molecule has 1 aromatic heterocycles. The van der Waals surface area contributed by atoms with Crippen molar-refractivity contribution in [2.24, 2.45) is 7.05 Å². The molecule has 0 aliphatic carbocycles. The maximum Gasteiger partial charge on any atom is 0.246 e. The minimum absolute atomic E-state index is 0.0298. The molecule has 1 N–H and O–H groups in total. The monoisotopic (exact) mass is 375 g/mol. The number of benzene rings is 1. The van der Waals surface area contributed by atoms with E-state index in [-0.39, 0.29) is 15.9 Å². The summed E-state index contributed by atoms with van der Waals surface area (Å²) in [5.74, 6) is 0.372. The first kappa shape index (κ1) is 16.8. The summed E-state index contributed by atoms with van der Waals surface area (Å²) in [6, 6.07) is 3.96. The van der Waals surface area contributed by atoms with Gasteiger partial charge < -0.3 is 0 Å². The summed E-state index contributed by atoms with van der Waals surface area (Å²) in [5, 5.41) is 4.09. The summed E-state index contributed by atoms with van der Waals surface area (Å²) >= 11 is 7.65. The predicted octanol–water partition coefficient (Wildman–Crippen LogP) is 3.04. The predicted molar refractivity (Wildman–Crippen MR) is 87.8 cm³/mol. The summed E-state index contributed by atoms with van der Waals surface area (Å²) in [7, 11) is -2.27. The van der Waals surface area contributed by atoms with Crippen LogP contribution in [0, 0.1) is 12.7 Å². The van der Waals surface area contributed by atoms with E-state index in [9.17, 15) is 12.8 Å². The largest absolute Gasteiger partial charge is 0.255 e. The van der Waals surface area contributed by atoms with E-state index in [0.29, 0.717) is 17.7 Å². The van der Waals surface area contributed by atoms with Gasteiger partial charge in [0.15, 0.2) is 0 Å². The third kappa shape index (κ3) is 3.13. The van der Waals surface area contributed by atoms with E-state index in [1.165, 1.54) is 16.8 Å². The molecule has 5 nitrogen and oxygen atoms in total. The Kier molecular flexibility index (Phi) is 4.43. The zero-order chi connectivity index (χ0) is 16.8. The van der Waals surface area contributed by atoms with Crippen LogP contribution in [0.1, 0.15) is 23.7 Å². The Balaban J connectivity index is 1.98. The molecule has 0 bridgehead atoms. The fourth-order valence-corrected chi connectivity index (χ4v) is 5.76. The number of rotatable bonds is 3. The van der Waals surface area contributed by atoms with Crippen molar-refractivity contribution in [2.75, 3.05) is 5.75 Å². The Morgan fingerprint density at radius 1 is 1.48 bits per heavy atom. The Morgan fingerprint density at radius 2 is 2.22 bits per heavy atom. The molecular formula is C14H15ClFN3O2S2. The molecule has 23 heavy (non-hydrogen) atoms. The molecule has 3 rings (SSSR count). The molecule has 1 aliphatic rings. The summed E-state index contributed by atoms with van der Waals surface area (Å²) in [6.07, 6.45) is 0.581. The second-order valence-electron chi connectivity index (χ2n) is 5.32. The Bertz CT molecular complexity index is 867. The number of halogens is 2. The van der Waals surface area contributed by atoms with Crippen LogP contribution >= 0.6 is 23.4 Å². The van der Waals surface area contributed by atoms with Crippen molar-refractivity contribution in [2.45, 2.75) is 29.2 Å². The van der Waals surface area contributed by atoms with E-state index in [0.717, 1.165) is 10.6 Å². The number of fused-ring (bicyclic) bond motifs is 1. The van der Waals surface area contributed by atoms with Crippen LogP contribution in [0.25, 0.3) is 0 Å². The van der Waals surface area contributed by atoms with Crippen LogP contribution in [-0.2, 0) is 17.1 Å². The molecule has 1 aromatic carbocycles. The van der Waals surface area contributed by atoms with Crippen molar-refractivity contribution >= 4 is 33.4 Å². The molecule has 0 saturated carbocycles. The topological polar surface area (TPSA) is 64.0 Å². The van der Waals surface area contributed by atoms with Crippen molar-refractivity contribution in [1.29, 1.82) is 0 Å². The van der Waals surface area contributed by atoms with E-state index in [4.69, 9.17) is 11.6 Å². The van der Waals surface area contributed by atoms with Gasteiger partial charge in [-0.3, -0.25) is 4.68 Å². The standard InChI is InChI=1S/C14H15ClFN3O2S2/c1-8-13(14(15)19(2)17-8)23(20,21)18-11-5-6-22-12-4-3-9(16)7-10(11)12/h3-4,7,11,18H,5-6H2,1-2H3. The zero-order valence-corrected chi connectivity index (χ0v) is 14.9. The van der Waals surface area contributed by atoms with Gasteiger partial charge in [-0.15, -0.1) is 11.8 Å². The van der Waals surface area contributed by atoms with E-state index in [1.807, 2.05) is 0 Å².